The highest BCUT2D eigenvalue weighted by Gasteiger charge is 2.18. The summed E-state index contributed by atoms with van der Waals surface area (Å²) in [7, 11) is 3.17. The van der Waals surface area contributed by atoms with E-state index in [0.717, 1.165) is 10.0 Å². The van der Waals surface area contributed by atoms with Gasteiger partial charge < -0.3 is 14.6 Å². The second kappa shape index (κ2) is 6.08. The van der Waals surface area contributed by atoms with Crippen LogP contribution >= 0.6 is 15.9 Å². The molecule has 0 aliphatic rings. The molecule has 2 rings (SSSR count). The average Bonchev–Trinajstić information content (AvgIpc) is 2.47. The van der Waals surface area contributed by atoms with Crippen molar-refractivity contribution in [2.75, 3.05) is 14.2 Å². The molecule has 0 aliphatic heterocycles. The minimum Gasteiger partial charge on any atom is -0.496 e. The minimum absolute atomic E-state index is 0.615. The standard InChI is InChI=1S/C15H15BrO3/c1-18-13-9-12(16)14(19-2)8-11(13)15(17)10-6-4-3-5-7-10/h3-9,15,17H,1-2H3. The van der Waals surface area contributed by atoms with Crippen molar-refractivity contribution in [3.63, 3.8) is 0 Å². The van der Waals surface area contributed by atoms with Crippen LogP contribution in [0.5, 0.6) is 11.5 Å². The van der Waals surface area contributed by atoms with E-state index >= 15 is 0 Å². The van der Waals surface area contributed by atoms with E-state index in [-0.39, 0.29) is 0 Å². The molecule has 3 nitrogen and oxygen atoms in total. The zero-order valence-corrected chi connectivity index (χ0v) is 12.3. The van der Waals surface area contributed by atoms with Gasteiger partial charge in [0.25, 0.3) is 0 Å². The monoisotopic (exact) mass is 322 g/mol. The normalized spacial score (nSPS) is 12.0. The van der Waals surface area contributed by atoms with Gasteiger partial charge in [-0.2, -0.15) is 0 Å². The largest absolute Gasteiger partial charge is 0.496 e. The van der Waals surface area contributed by atoms with E-state index in [2.05, 4.69) is 15.9 Å². The molecule has 2 aromatic rings. The molecule has 0 saturated heterocycles. The molecule has 1 unspecified atom stereocenters. The summed E-state index contributed by atoms with van der Waals surface area (Å²) in [5, 5.41) is 10.5. The summed E-state index contributed by atoms with van der Waals surface area (Å²) in [6.07, 6.45) is -0.752. The maximum absolute atomic E-state index is 10.5. The van der Waals surface area contributed by atoms with Crippen molar-refractivity contribution in [2.24, 2.45) is 0 Å². The molecule has 4 heteroatoms. The Hall–Kier alpha value is -1.52. The van der Waals surface area contributed by atoms with E-state index in [9.17, 15) is 5.11 Å². The SMILES string of the molecule is COc1cc(C(O)c2ccccc2)c(OC)cc1Br. The van der Waals surface area contributed by atoms with Crippen LogP contribution in [0.4, 0.5) is 0 Å². The first-order valence-corrected chi connectivity index (χ1v) is 6.61. The molecule has 0 spiro atoms. The minimum atomic E-state index is -0.752. The number of methoxy groups -OCH3 is 2. The zero-order chi connectivity index (χ0) is 13.8. The van der Waals surface area contributed by atoms with Gasteiger partial charge in [-0.25, -0.2) is 0 Å². The predicted molar refractivity (Wildman–Crippen MR) is 77.7 cm³/mol. The first-order chi connectivity index (χ1) is 9.17. The molecule has 0 saturated carbocycles. The number of hydrogen-bond donors (Lipinski definition) is 1. The van der Waals surface area contributed by atoms with Crippen molar-refractivity contribution in [2.45, 2.75) is 6.10 Å². The fourth-order valence-electron chi connectivity index (χ4n) is 1.91. The Kier molecular flexibility index (Phi) is 4.45. The highest BCUT2D eigenvalue weighted by atomic mass is 79.9. The summed E-state index contributed by atoms with van der Waals surface area (Å²) in [6, 6.07) is 13.0. The van der Waals surface area contributed by atoms with Crippen LogP contribution in [0, 0.1) is 0 Å². The fraction of sp³-hybridized carbons (Fsp3) is 0.200. The third-order valence-electron chi connectivity index (χ3n) is 2.91. The van der Waals surface area contributed by atoms with Crippen molar-refractivity contribution >= 4 is 15.9 Å². The van der Waals surface area contributed by atoms with Crippen LogP contribution in [0.3, 0.4) is 0 Å². The summed E-state index contributed by atoms with van der Waals surface area (Å²) in [5.74, 6) is 1.27. The number of hydrogen-bond acceptors (Lipinski definition) is 3. The molecular weight excluding hydrogens is 308 g/mol. The molecule has 100 valence electrons. The van der Waals surface area contributed by atoms with Gasteiger partial charge in [-0.05, 0) is 33.6 Å². The number of benzene rings is 2. The lowest BCUT2D eigenvalue weighted by atomic mass is 10.0. The summed E-state index contributed by atoms with van der Waals surface area (Å²) in [5.41, 5.74) is 1.49. The molecule has 1 N–H and O–H groups in total. The molecule has 0 amide bonds. The molecular formula is C15H15BrO3. The van der Waals surface area contributed by atoms with Gasteiger partial charge >= 0.3 is 0 Å². The van der Waals surface area contributed by atoms with E-state index in [1.54, 1.807) is 26.4 Å². The first kappa shape index (κ1) is 13.9. The molecule has 0 aromatic heterocycles. The van der Waals surface area contributed by atoms with Crippen LogP contribution in [0.25, 0.3) is 0 Å². The van der Waals surface area contributed by atoms with E-state index in [1.807, 2.05) is 30.3 Å². The van der Waals surface area contributed by atoms with Crippen LogP contribution < -0.4 is 9.47 Å². The highest BCUT2D eigenvalue weighted by Crippen LogP contribution is 2.37. The van der Waals surface area contributed by atoms with Gasteiger partial charge in [0.05, 0.1) is 18.7 Å². The highest BCUT2D eigenvalue weighted by molar-refractivity contribution is 9.10. The van der Waals surface area contributed by atoms with Crippen molar-refractivity contribution in [3.05, 3.63) is 58.1 Å². The number of halogens is 1. The molecule has 19 heavy (non-hydrogen) atoms. The maximum atomic E-state index is 10.5. The Balaban J connectivity index is 2.48. The van der Waals surface area contributed by atoms with E-state index in [0.29, 0.717) is 17.1 Å². The summed E-state index contributed by atoms with van der Waals surface area (Å²) in [6.45, 7) is 0. The average molecular weight is 323 g/mol. The fourth-order valence-corrected chi connectivity index (χ4v) is 2.40. The van der Waals surface area contributed by atoms with Gasteiger partial charge in [-0.3, -0.25) is 0 Å². The molecule has 1 atom stereocenters. The predicted octanol–water partition coefficient (Wildman–Crippen LogP) is 3.55. The summed E-state index contributed by atoms with van der Waals surface area (Å²) >= 11 is 3.40. The smallest absolute Gasteiger partial charge is 0.133 e. The molecule has 2 aromatic carbocycles. The van der Waals surface area contributed by atoms with E-state index in [4.69, 9.17) is 9.47 Å². The van der Waals surface area contributed by atoms with Crippen LogP contribution in [-0.2, 0) is 0 Å². The summed E-state index contributed by atoms with van der Waals surface area (Å²) in [4.78, 5) is 0. The van der Waals surface area contributed by atoms with Gasteiger partial charge in [-0.1, -0.05) is 30.3 Å². The Morgan fingerprint density at radius 3 is 2.21 bits per heavy atom. The first-order valence-electron chi connectivity index (χ1n) is 5.81. The van der Waals surface area contributed by atoms with Crippen LogP contribution in [0.1, 0.15) is 17.2 Å². The quantitative estimate of drug-likeness (QED) is 0.935. The molecule has 0 aliphatic carbocycles. The second-order valence-corrected chi connectivity index (χ2v) is 4.90. The zero-order valence-electron chi connectivity index (χ0n) is 10.8. The molecule has 0 radical (unpaired) electrons. The van der Waals surface area contributed by atoms with Gasteiger partial charge in [0.2, 0.25) is 0 Å². The van der Waals surface area contributed by atoms with Crippen molar-refractivity contribution < 1.29 is 14.6 Å². The Labute approximate surface area is 120 Å². The molecule has 0 bridgehead atoms. The van der Waals surface area contributed by atoms with Gasteiger partial charge in [0, 0.05) is 5.56 Å². The Bertz CT molecular complexity index is 555. The second-order valence-electron chi connectivity index (χ2n) is 4.04. The lowest BCUT2D eigenvalue weighted by molar-refractivity contribution is 0.214. The lowest BCUT2D eigenvalue weighted by Gasteiger charge is -2.17. The third kappa shape index (κ3) is 2.91. The van der Waals surface area contributed by atoms with Gasteiger partial charge in [-0.15, -0.1) is 0 Å². The van der Waals surface area contributed by atoms with Crippen molar-refractivity contribution in [3.8, 4) is 11.5 Å². The number of aliphatic hydroxyl groups excluding tert-OH is 1. The summed E-state index contributed by atoms with van der Waals surface area (Å²) < 4.78 is 11.4. The molecule has 0 fully saturated rings. The molecule has 0 heterocycles. The van der Waals surface area contributed by atoms with E-state index in [1.165, 1.54) is 0 Å². The lowest BCUT2D eigenvalue weighted by Crippen LogP contribution is -2.03. The Morgan fingerprint density at radius 1 is 1.00 bits per heavy atom. The van der Waals surface area contributed by atoms with Crippen LogP contribution in [0.15, 0.2) is 46.9 Å². The van der Waals surface area contributed by atoms with E-state index < -0.39 is 6.10 Å². The third-order valence-corrected chi connectivity index (χ3v) is 3.53. The van der Waals surface area contributed by atoms with Crippen LogP contribution in [-0.4, -0.2) is 19.3 Å². The number of ether oxygens (including phenoxy) is 2. The Morgan fingerprint density at radius 2 is 1.63 bits per heavy atom. The van der Waals surface area contributed by atoms with Crippen LogP contribution in [0.2, 0.25) is 0 Å². The number of aliphatic hydroxyl groups is 1. The topological polar surface area (TPSA) is 38.7 Å². The maximum Gasteiger partial charge on any atom is 0.133 e. The van der Waals surface area contributed by atoms with Gasteiger partial charge in [0.15, 0.2) is 0 Å². The van der Waals surface area contributed by atoms with Crippen molar-refractivity contribution in [1.29, 1.82) is 0 Å². The van der Waals surface area contributed by atoms with Crippen molar-refractivity contribution in [1.82, 2.24) is 0 Å². The number of rotatable bonds is 4. The van der Waals surface area contributed by atoms with Gasteiger partial charge in [0.1, 0.15) is 17.6 Å².